The molecule has 1 fully saturated rings. The van der Waals surface area contributed by atoms with Gasteiger partial charge in [0.15, 0.2) is 0 Å². The maximum atomic E-state index is 5.84. The molecule has 1 aromatic carbocycles. The molecule has 0 N–H and O–H groups in total. The molecule has 1 aliphatic heterocycles. The molecule has 7 nitrogen and oxygen atoms in total. The summed E-state index contributed by atoms with van der Waals surface area (Å²) in [5.74, 6) is 1.27. The molecule has 1 saturated heterocycles. The van der Waals surface area contributed by atoms with Crippen LogP contribution < -0.4 is 0 Å². The van der Waals surface area contributed by atoms with Crippen LogP contribution in [0, 0.1) is 6.92 Å². The minimum Gasteiger partial charge on any atom is -0.374 e. The zero-order chi connectivity index (χ0) is 17.1. The predicted molar refractivity (Wildman–Crippen MR) is 91.7 cm³/mol. The highest BCUT2D eigenvalue weighted by molar-refractivity contribution is 5.54. The van der Waals surface area contributed by atoms with E-state index in [1.807, 2.05) is 41.2 Å². The number of benzene rings is 1. The van der Waals surface area contributed by atoms with Gasteiger partial charge < -0.3 is 9.26 Å². The lowest BCUT2D eigenvalue weighted by Gasteiger charge is -2.31. The summed E-state index contributed by atoms with van der Waals surface area (Å²) < 4.78 is 13.2. The first-order valence-electron chi connectivity index (χ1n) is 8.47. The molecular formula is C18H21N5O2. The van der Waals surface area contributed by atoms with Gasteiger partial charge in [0.1, 0.15) is 0 Å². The average molecular weight is 339 g/mol. The van der Waals surface area contributed by atoms with E-state index in [2.05, 4.69) is 27.1 Å². The SMILES string of the molecule is Cc1ccc(-c2noc(CN3CCOC(Cn4cccn4)C3)n2)cc1. The topological polar surface area (TPSA) is 69.2 Å². The Morgan fingerprint density at radius 2 is 2.12 bits per heavy atom. The van der Waals surface area contributed by atoms with E-state index in [-0.39, 0.29) is 6.10 Å². The number of hydrogen-bond donors (Lipinski definition) is 0. The van der Waals surface area contributed by atoms with Crippen molar-refractivity contribution in [2.45, 2.75) is 26.1 Å². The molecule has 0 bridgehead atoms. The molecule has 130 valence electrons. The van der Waals surface area contributed by atoms with Crippen LogP contribution in [-0.2, 0) is 17.8 Å². The Bertz CT molecular complexity index is 797. The van der Waals surface area contributed by atoms with Gasteiger partial charge in [-0.1, -0.05) is 35.0 Å². The van der Waals surface area contributed by atoms with E-state index in [0.717, 1.165) is 25.2 Å². The van der Waals surface area contributed by atoms with Crippen molar-refractivity contribution in [1.82, 2.24) is 24.8 Å². The third-order valence-electron chi connectivity index (χ3n) is 4.31. The van der Waals surface area contributed by atoms with Gasteiger partial charge in [0, 0.05) is 31.0 Å². The minimum absolute atomic E-state index is 0.119. The number of ether oxygens (including phenoxy) is 1. The molecule has 0 radical (unpaired) electrons. The monoisotopic (exact) mass is 339 g/mol. The number of aromatic nitrogens is 4. The van der Waals surface area contributed by atoms with Crippen molar-refractivity contribution in [3.05, 3.63) is 54.2 Å². The quantitative estimate of drug-likeness (QED) is 0.709. The number of hydrogen-bond acceptors (Lipinski definition) is 6. The van der Waals surface area contributed by atoms with Crippen molar-refractivity contribution >= 4 is 0 Å². The van der Waals surface area contributed by atoms with E-state index in [9.17, 15) is 0 Å². The number of morpholine rings is 1. The summed E-state index contributed by atoms with van der Waals surface area (Å²) in [5.41, 5.74) is 2.18. The van der Waals surface area contributed by atoms with Crippen molar-refractivity contribution in [1.29, 1.82) is 0 Å². The van der Waals surface area contributed by atoms with Gasteiger partial charge in [0.2, 0.25) is 11.7 Å². The van der Waals surface area contributed by atoms with Crippen LogP contribution in [-0.4, -0.2) is 50.6 Å². The highest BCUT2D eigenvalue weighted by Gasteiger charge is 2.23. The van der Waals surface area contributed by atoms with Gasteiger partial charge in [0.05, 0.1) is 25.8 Å². The molecule has 3 heterocycles. The molecule has 1 unspecified atom stereocenters. The maximum absolute atomic E-state index is 5.84. The average Bonchev–Trinajstić information content (AvgIpc) is 3.28. The van der Waals surface area contributed by atoms with E-state index in [0.29, 0.717) is 24.9 Å². The van der Waals surface area contributed by atoms with Crippen LogP contribution in [0.3, 0.4) is 0 Å². The van der Waals surface area contributed by atoms with Crippen LogP contribution in [0.25, 0.3) is 11.4 Å². The molecule has 3 aromatic rings. The Kier molecular flexibility index (Phi) is 4.58. The fourth-order valence-corrected chi connectivity index (χ4v) is 2.98. The minimum atomic E-state index is 0.119. The van der Waals surface area contributed by atoms with Crippen LogP contribution in [0.4, 0.5) is 0 Å². The molecule has 0 saturated carbocycles. The van der Waals surface area contributed by atoms with E-state index >= 15 is 0 Å². The summed E-state index contributed by atoms with van der Waals surface area (Å²) in [6.45, 7) is 5.83. The highest BCUT2D eigenvalue weighted by Crippen LogP contribution is 2.18. The third kappa shape index (κ3) is 3.94. The molecule has 0 spiro atoms. The van der Waals surface area contributed by atoms with E-state index < -0.39 is 0 Å². The summed E-state index contributed by atoms with van der Waals surface area (Å²) >= 11 is 0. The fourth-order valence-electron chi connectivity index (χ4n) is 2.98. The van der Waals surface area contributed by atoms with Crippen molar-refractivity contribution in [2.24, 2.45) is 0 Å². The molecular weight excluding hydrogens is 318 g/mol. The van der Waals surface area contributed by atoms with Gasteiger partial charge in [-0.3, -0.25) is 9.58 Å². The molecule has 4 rings (SSSR count). The number of nitrogens with zero attached hydrogens (tertiary/aromatic N) is 5. The Hall–Kier alpha value is -2.51. The maximum Gasteiger partial charge on any atom is 0.241 e. The van der Waals surface area contributed by atoms with Gasteiger partial charge in [-0.2, -0.15) is 10.1 Å². The Labute approximate surface area is 146 Å². The third-order valence-corrected chi connectivity index (χ3v) is 4.31. The van der Waals surface area contributed by atoms with Crippen LogP contribution in [0.5, 0.6) is 0 Å². The lowest BCUT2D eigenvalue weighted by Crippen LogP contribution is -2.43. The lowest BCUT2D eigenvalue weighted by atomic mass is 10.1. The number of rotatable bonds is 5. The Morgan fingerprint density at radius 1 is 1.24 bits per heavy atom. The van der Waals surface area contributed by atoms with Gasteiger partial charge in [0.25, 0.3) is 0 Å². The largest absolute Gasteiger partial charge is 0.374 e. The van der Waals surface area contributed by atoms with Crippen LogP contribution >= 0.6 is 0 Å². The fraction of sp³-hybridized carbons (Fsp3) is 0.389. The summed E-state index contributed by atoms with van der Waals surface area (Å²) in [7, 11) is 0. The van der Waals surface area contributed by atoms with E-state index in [1.54, 1.807) is 6.20 Å². The lowest BCUT2D eigenvalue weighted by molar-refractivity contribution is -0.0426. The Balaban J connectivity index is 1.37. The first-order chi connectivity index (χ1) is 12.3. The van der Waals surface area contributed by atoms with Crippen molar-refractivity contribution in [3.8, 4) is 11.4 Å². The van der Waals surface area contributed by atoms with Gasteiger partial charge in [-0.15, -0.1) is 0 Å². The smallest absolute Gasteiger partial charge is 0.241 e. The van der Waals surface area contributed by atoms with Crippen LogP contribution in [0.1, 0.15) is 11.5 Å². The molecule has 2 aromatic heterocycles. The second-order valence-electron chi connectivity index (χ2n) is 6.33. The summed E-state index contributed by atoms with van der Waals surface area (Å²) in [4.78, 5) is 6.81. The summed E-state index contributed by atoms with van der Waals surface area (Å²) in [6, 6.07) is 10.0. The molecule has 25 heavy (non-hydrogen) atoms. The van der Waals surface area contributed by atoms with E-state index in [1.165, 1.54) is 5.56 Å². The number of aryl methyl sites for hydroxylation is 1. The molecule has 1 atom stereocenters. The van der Waals surface area contributed by atoms with Crippen LogP contribution in [0.2, 0.25) is 0 Å². The molecule has 0 aliphatic carbocycles. The van der Waals surface area contributed by atoms with E-state index in [4.69, 9.17) is 9.26 Å². The highest BCUT2D eigenvalue weighted by atomic mass is 16.5. The van der Waals surface area contributed by atoms with Crippen molar-refractivity contribution in [3.63, 3.8) is 0 Å². The first kappa shape index (κ1) is 16.0. The molecule has 1 aliphatic rings. The predicted octanol–water partition coefficient (Wildman–Crippen LogP) is 2.14. The standard InChI is InChI=1S/C18H21N5O2/c1-14-3-5-15(6-4-14)18-20-17(25-21-18)13-22-9-10-24-16(11-22)12-23-8-2-7-19-23/h2-8,16H,9-13H2,1H3. The summed E-state index contributed by atoms with van der Waals surface area (Å²) in [6.07, 6.45) is 3.85. The van der Waals surface area contributed by atoms with Crippen molar-refractivity contribution < 1.29 is 9.26 Å². The van der Waals surface area contributed by atoms with Gasteiger partial charge in [-0.05, 0) is 13.0 Å². The second-order valence-corrected chi connectivity index (χ2v) is 6.33. The Morgan fingerprint density at radius 3 is 2.92 bits per heavy atom. The summed E-state index contributed by atoms with van der Waals surface area (Å²) in [5, 5.41) is 8.34. The zero-order valence-electron chi connectivity index (χ0n) is 14.2. The van der Waals surface area contributed by atoms with Crippen molar-refractivity contribution in [2.75, 3.05) is 19.7 Å². The molecule has 7 heteroatoms. The van der Waals surface area contributed by atoms with Crippen LogP contribution in [0.15, 0.2) is 47.2 Å². The normalized spacial score (nSPS) is 18.5. The molecule has 0 amide bonds. The first-order valence-corrected chi connectivity index (χ1v) is 8.47. The second kappa shape index (κ2) is 7.16. The zero-order valence-corrected chi connectivity index (χ0v) is 14.2. The van der Waals surface area contributed by atoms with Gasteiger partial charge >= 0.3 is 0 Å². The van der Waals surface area contributed by atoms with Gasteiger partial charge in [-0.25, -0.2) is 0 Å².